The van der Waals surface area contributed by atoms with Gasteiger partial charge in [0.25, 0.3) is 5.91 Å². The Labute approximate surface area is 219 Å². The van der Waals surface area contributed by atoms with Gasteiger partial charge < -0.3 is 24.7 Å². The topological polar surface area (TPSA) is 90.3 Å². The molecule has 2 aliphatic heterocycles. The zero-order chi connectivity index (χ0) is 25.2. The van der Waals surface area contributed by atoms with E-state index in [1.54, 1.807) is 54.2 Å². The minimum Gasteiger partial charge on any atom is -0.497 e. The maximum Gasteiger partial charge on any atom is 0.264 e. The van der Waals surface area contributed by atoms with Gasteiger partial charge in [-0.3, -0.25) is 9.59 Å². The molecule has 0 saturated carbocycles. The number of amides is 2. The molecule has 2 aromatic carbocycles. The number of carbonyl (C=O) groups excluding carboxylic acids is 2. The molecule has 4 rings (SSSR count). The number of hydrogen-bond donors (Lipinski definition) is 2. The van der Waals surface area contributed by atoms with Gasteiger partial charge in [0.1, 0.15) is 5.75 Å². The molecule has 0 spiro atoms. The third-order valence-corrected chi connectivity index (χ3v) is 7.73. The lowest BCUT2D eigenvalue weighted by Crippen LogP contribution is -2.44. The number of likely N-dealkylation sites (tertiary alicyclic amines) is 1. The van der Waals surface area contributed by atoms with E-state index in [0.717, 1.165) is 22.0 Å². The number of ether oxygens (including phenoxy) is 1. The van der Waals surface area contributed by atoms with Crippen LogP contribution < -0.4 is 9.64 Å². The van der Waals surface area contributed by atoms with Crippen LogP contribution in [0.5, 0.6) is 5.75 Å². The number of benzene rings is 2. The van der Waals surface area contributed by atoms with Gasteiger partial charge in [0.15, 0.2) is 5.60 Å². The van der Waals surface area contributed by atoms with Crippen molar-refractivity contribution in [3.8, 4) is 5.75 Å². The molecule has 35 heavy (non-hydrogen) atoms. The van der Waals surface area contributed by atoms with Crippen molar-refractivity contribution in [1.29, 1.82) is 0 Å². The summed E-state index contributed by atoms with van der Waals surface area (Å²) in [6.07, 6.45) is 5.30. The molecule has 0 aliphatic carbocycles. The van der Waals surface area contributed by atoms with Gasteiger partial charge in [-0.15, -0.1) is 0 Å². The van der Waals surface area contributed by atoms with E-state index in [2.05, 4.69) is 22.6 Å². The molecular weight excluding hydrogens is 559 g/mol. The van der Waals surface area contributed by atoms with Crippen LogP contribution in [0.2, 0.25) is 0 Å². The molecule has 2 N–H and O–H groups in total. The lowest BCUT2D eigenvalue weighted by molar-refractivity contribution is -0.139. The number of anilines is 1. The van der Waals surface area contributed by atoms with E-state index in [0.29, 0.717) is 30.1 Å². The second kappa shape index (κ2) is 10.7. The Morgan fingerprint density at radius 1 is 1.29 bits per heavy atom. The molecule has 3 atom stereocenters. The van der Waals surface area contributed by atoms with E-state index in [4.69, 9.17) is 4.74 Å². The Bertz CT molecular complexity index is 1120. The number of fused-ring (bicyclic) bond motifs is 1. The van der Waals surface area contributed by atoms with Crippen LogP contribution >= 0.6 is 22.6 Å². The van der Waals surface area contributed by atoms with Crippen molar-refractivity contribution in [1.82, 2.24) is 4.90 Å². The summed E-state index contributed by atoms with van der Waals surface area (Å²) in [6, 6.07) is 13.1. The standard InChI is InChI=1S/C27H31IN2O5/c1-18(5-3-7-25(32)29-14-4-6-21(29)17-31)27(34)23-15-22(35-2)12-13-24(23)30(26(27)33)16-19-8-10-20(28)11-9-19/h3,5,8-13,15,18,21,31,34H,4,6-7,14,16-17H2,1-2H3/b5-3+/t18-,21+,27+/m1/s1. The van der Waals surface area contributed by atoms with Gasteiger partial charge in [-0.2, -0.15) is 0 Å². The van der Waals surface area contributed by atoms with Gasteiger partial charge in [-0.1, -0.05) is 31.2 Å². The van der Waals surface area contributed by atoms with Crippen LogP contribution in [0, 0.1) is 9.49 Å². The van der Waals surface area contributed by atoms with Crippen molar-refractivity contribution in [2.24, 2.45) is 5.92 Å². The fraction of sp³-hybridized carbons (Fsp3) is 0.407. The molecule has 2 amide bonds. The number of hydrogen-bond acceptors (Lipinski definition) is 5. The maximum atomic E-state index is 13.7. The third-order valence-electron chi connectivity index (χ3n) is 7.01. The number of carbonyl (C=O) groups is 2. The maximum absolute atomic E-state index is 13.7. The van der Waals surface area contributed by atoms with E-state index in [-0.39, 0.29) is 25.0 Å². The van der Waals surface area contributed by atoms with Gasteiger partial charge >= 0.3 is 0 Å². The highest BCUT2D eigenvalue weighted by Crippen LogP contribution is 2.47. The van der Waals surface area contributed by atoms with Crippen LogP contribution in [0.25, 0.3) is 0 Å². The van der Waals surface area contributed by atoms with E-state index < -0.39 is 17.4 Å². The fourth-order valence-corrected chi connectivity index (χ4v) is 5.33. The lowest BCUT2D eigenvalue weighted by Gasteiger charge is -2.28. The Balaban J connectivity index is 1.58. The van der Waals surface area contributed by atoms with E-state index >= 15 is 0 Å². The lowest BCUT2D eigenvalue weighted by atomic mass is 9.83. The van der Waals surface area contributed by atoms with Gasteiger partial charge in [-0.05, 0) is 71.3 Å². The van der Waals surface area contributed by atoms with E-state index in [9.17, 15) is 19.8 Å². The molecular formula is C27H31IN2O5. The second-order valence-electron chi connectivity index (χ2n) is 9.15. The number of aliphatic hydroxyl groups excluding tert-OH is 1. The van der Waals surface area contributed by atoms with Crippen LogP contribution in [0.4, 0.5) is 5.69 Å². The molecule has 0 radical (unpaired) electrons. The summed E-state index contributed by atoms with van der Waals surface area (Å²) in [5.41, 5.74) is 0.322. The zero-order valence-electron chi connectivity index (χ0n) is 20.0. The summed E-state index contributed by atoms with van der Waals surface area (Å²) in [5.74, 6) is -0.482. The number of aliphatic hydroxyl groups is 2. The summed E-state index contributed by atoms with van der Waals surface area (Å²) in [5, 5.41) is 21.3. The van der Waals surface area contributed by atoms with Crippen LogP contribution in [-0.4, -0.2) is 53.2 Å². The summed E-state index contributed by atoms with van der Waals surface area (Å²) >= 11 is 2.24. The van der Waals surface area contributed by atoms with Crippen LogP contribution in [-0.2, 0) is 21.7 Å². The van der Waals surface area contributed by atoms with Crippen molar-refractivity contribution in [3.63, 3.8) is 0 Å². The predicted molar refractivity (Wildman–Crippen MR) is 142 cm³/mol. The first-order valence-corrected chi connectivity index (χ1v) is 12.9. The van der Waals surface area contributed by atoms with Gasteiger partial charge in [0, 0.05) is 28.0 Å². The molecule has 1 fully saturated rings. The van der Waals surface area contributed by atoms with E-state index in [1.165, 1.54) is 0 Å². The minimum atomic E-state index is -1.78. The number of rotatable bonds is 8. The summed E-state index contributed by atoms with van der Waals surface area (Å²) in [7, 11) is 1.55. The number of halogens is 1. The summed E-state index contributed by atoms with van der Waals surface area (Å²) < 4.78 is 6.48. The highest BCUT2D eigenvalue weighted by Gasteiger charge is 2.52. The zero-order valence-corrected chi connectivity index (χ0v) is 22.1. The van der Waals surface area contributed by atoms with Crippen LogP contribution in [0.1, 0.15) is 37.3 Å². The molecule has 0 unspecified atom stereocenters. The van der Waals surface area contributed by atoms with Crippen LogP contribution in [0.15, 0.2) is 54.6 Å². The molecule has 2 aromatic rings. The molecule has 2 aliphatic rings. The third kappa shape index (κ3) is 4.96. The average molecular weight is 590 g/mol. The minimum absolute atomic E-state index is 0.0326. The number of nitrogens with zero attached hydrogens (tertiary/aromatic N) is 2. The first-order valence-electron chi connectivity index (χ1n) is 11.8. The molecule has 8 heteroatoms. The van der Waals surface area contributed by atoms with Crippen LogP contribution in [0.3, 0.4) is 0 Å². The van der Waals surface area contributed by atoms with Crippen molar-refractivity contribution in [2.45, 2.75) is 44.4 Å². The van der Waals surface area contributed by atoms with Gasteiger partial charge in [-0.25, -0.2) is 0 Å². The van der Waals surface area contributed by atoms with Gasteiger partial charge in [0.2, 0.25) is 5.91 Å². The Morgan fingerprint density at radius 3 is 2.71 bits per heavy atom. The summed E-state index contributed by atoms with van der Waals surface area (Å²) in [6.45, 7) is 2.73. The van der Waals surface area contributed by atoms with Crippen molar-refractivity contribution in [2.75, 3.05) is 25.2 Å². The van der Waals surface area contributed by atoms with E-state index in [1.807, 2.05) is 24.3 Å². The van der Waals surface area contributed by atoms with Crippen molar-refractivity contribution < 1.29 is 24.5 Å². The SMILES string of the molecule is COc1ccc2c(c1)[C@@](O)([C@H](C)/C=C/CC(=O)N1CCC[C@H]1CO)C(=O)N2Cc1ccc(I)cc1. The first kappa shape index (κ1) is 25.7. The molecule has 2 heterocycles. The molecule has 1 saturated heterocycles. The second-order valence-corrected chi connectivity index (χ2v) is 10.4. The molecule has 0 aromatic heterocycles. The molecule has 7 nitrogen and oxygen atoms in total. The summed E-state index contributed by atoms with van der Waals surface area (Å²) in [4.78, 5) is 29.6. The Hall–Kier alpha value is -2.43. The largest absolute Gasteiger partial charge is 0.497 e. The number of methoxy groups -OCH3 is 1. The smallest absolute Gasteiger partial charge is 0.264 e. The Kier molecular flexibility index (Phi) is 7.83. The first-order chi connectivity index (χ1) is 16.8. The highest BCUT2D eigenvalue weighted by molar-refractivity contribution is 14.1. The quantitative estimate of drug-likeness (QED) is 0.363. The van der Waals surface area contributed by atoms with Crippen molar-refractivity contribution >= 4 is 40.1 Å². The Morgan fingerprint density at radius 2 is 2.03 bits per heavy atom. The van der Waals surface area contributed by atoms with Crippen molar-refractivity contribution in [3.05, 3.63) is 69.3 Å². The van der Waals surface area contributed by atoms with Gasteiger partial charge in [0.05, 0.1) is 32.0 Å². The fourth-order valence-electron chi connectivity index (χ4n) is 4.97. The highest BCUT2D eigenvalue weighted by atomic mass is 127. The molecule has 186 valence electrons. The molecule has 0 bridgehead atoms. The average Bonchev–Trinajstić information content (AvgIpc) is 3.43. The normalized spacial score (nSPS) is 22.7. The monoisotopic (exact) mass is 590 g/mol. The predicted octanol–water partition coefficient (Wildman–Crippen LogP) is 3.60.